The number of nitrogens with zero attached hydrogens (tertiary/aromatic N) is 4. The van der Waals surface area contributed by atoms with E-state index in [1.165, 1.54) is 6.21 Å². The maximum Gasteiger partial charge on any atom is 0.104 e. The van der Waals surface area contributed by atoms with Gasteiger partial charge in [-0.2, -0.15) is 5.26 Å². The number of anilines is 2. The second kappa shape index (κ2) is 5.21. The van der Waals surface area contributed by atoms with Crippen molar-refractivity contribution in [2.45, 2.75) is 0 Å². The molecule has 0 spiro atoms. The minimum Gasteiger partial charge on any atom is -0.411 e. The third-order valence-electron chi connectivity index (χ3n) is 2.42. The van der Waals surface area contributed by atoms with Gasteiger partial charge in [0.05, 0.1) is 23.2 Å². The highest BCUT2D eigenvalue weighted by Gasteiger charge is 2.15. The van der Waals surface area contributed by atoms with Crippen LogP contribution in [0.2, 0.25) is 0 Å². The van der Waals surface area contributed by atoms with Crippen molar-refractivity contribution >= 4 is 17.6 Å². The fraction of sp³-hybridized carbons (Fsp3) is 0.333. The number of nitriles is 1. The molecule has 90 valence electrons. The lowest BCUT2D eigenvalue weighted by molar-refractivity contribution is 0.322. The normalized spacial score (nSPS) is 10.3. The maximum absolute atomic E-state index is 9.28. The van der Waals surface area contributed by atoms with Gasteiger partial charge in [0.15, 0.2) is 0 Å². The molecule has 0 aliphatic rings. The molecule has 5 heteroatoms. The van der Waals surface area contributed by atoms with E-state index in [-0.39, 0.29) is 0 Å². The molecule has 0 amide bonds. The lowest BCUT2D eigenvalue weighted by Crippen LogP contribution is -2.17. The van der Waals surface area contributed by atoms with Crippen molar-refractivity contribution in [2.24, 2.45) is 5.16 Å². The van der Waals surface area contributed by atoms with Gasteiger partial charge in [-0.05, 0) is 12.1 Å². The molecule has 0 radical (unpaired) electrons. The molecular weight excluding hydrogens is 216 g/mol. The summed E-state index contributed by atoms with van der Waals surface area (Å²) in [4.78, 5) is 3.72. The first-order valence-electron chi connectivity index (χ1n) is 5.12. The van der Waals surface area contributed by atoms with Crippen molar-refractivity contribution in [1.82, 2.24) is 0 Å². The molecule has 0 aromatic heterocycles. The van der Waals surface area contributed by atoms with Gasteiger partial charge in [0.25, 0.3) is 0 Å². The lowest BCUT2D eigenvalue weighted by atomic mass is 10.0. The van der Waals surface area contributed by atoms with Gasteiger partial charge < -0.3 is 15.0 Å². The van der Waals surface area contributed by atoms with E-state index in [1.807, 2.05) is 50.1 Å². The van der Waals surface area contributed by atoms with E-state index in [9.17, 15) is 5.26 Å². The Morgan fingerprint density at radius 3 is 2.29 bits per heavy atom. The average molecular weight is 232 g/mol. The molecule has 0 saturated carbocycles. The first-order chi connectivity index (χ1) is 8.02. The Morgan fingerprint density at radius 2 is 1.88 bits per heavy atom. The van der Waals surface area contributed by atoms with Crippen LogP contribution in [0.4, 0.5) is 11.4 Å². The zero-order chi connectivity index (χ0) is 13.0. The van der Waals surface area contributed by atoms with E-state index in [2.05, 4.69) is 11.2 Å². The molecule has 1 rings (SSSR count). The van der Waals surface area contributed by atoms with Crippen LogP contribution in [-0.4, -0.2) is 39.6 Å². The van der Waals surface area contributed by atoms with Crippen LogP contribution in [0.25, 0.3) is 0 Å². The molecule has 1 aromatic carbocycles. The van der Waals surface area contributed by atoms with Gasteiger partial charge in [-0.1, -0.05) is 5.16 Å². The quantitative estimate of drug-likeness (QED) is 0.487. The molecule has 0 aliphatic heterocycles. The molecule has 1 N–H and O–H groups in total. The summed E-state index contributed by atoms with van der Waals surface area (Å²) >= 11 is 0. The van der Waals surface area contributed by atoms with Crippen LogP contribution in [0.1, 0.15) is 11.1 Å². The van der Waals surface area contributed by atoms with E-state index in [4.69, 9.17) is 5.21 Å². The minimum atomic E-state index is 0.567. The van der Waals surface area contributed by atoms with Gasteiger partial charge in [-0.25, -0.2) is 0 Å². The van der Waals surface area contributed by atoms with Crippen LogP contribution in [-0.2, 0) is 0 Å². The van der Waals surface area contributed by atoms with E-state index in [0.717, 1.165) is 11.4 Å². The maximum atomic E-state index is 9.28. The Morgan fingerprint density at radius 1 is 1.24 bits per heavy atom. The summed E-state index contributed by atoms with van der Waals surface area (Å²) in [6.45, 7) is 0. The molecule has 0 unspecified atom stereocenters. The summed E-state index contributed by atoms with van der Waals surface area (Å²) in [6.07, 6.45) is 1.33. The molecule has 1 aromatic rings. The van der Waals surface area contributed by atoms with Gasteiger partial charge in [0.1, 0.15) is 6.07 Å². The smallest absolute Gasteiger partial charge is 0.104 e. The zero-order valence-corrected chi connectivity index (χ0v) is 10.5. The van der Waals surface area contributed by atoms with Crippen LogP contribution < -0.4 is 9.80 Å². The molecule has 0 heterocycles. The summed E-state index contributed by atoms with van der Waals surface area (Å²) in [6, 6.07) is 5.86. The minimum absolute atomic E-state index is 0.567. The fourth-order valence-corrected chi connectivity index (χ4v) is 1.73. The van der Waals surface area contributed by atoms with Gasteiger partial charge in [-0.15, -0.1) is 0 Å². The van der Waals surface area contributed by atoms with E-state index >= 15 is 0 Å². The topological polar surface area (TPSA) is 62.9 Å². The third kappa shape index (κ3) is 2.48. The molecule has 0 fully saturated rings. The summed E-state index contributed by atoms with van der Waals surface area (Å²) < 4.78 is 0. The second-order valence-corrected chi connectivity index (χ2v) is 4.04. The van der Waals surface area contributed by atoms with E-state index in [0.29, 0.717) is 11.1 Å². The largest absolute Gasteiger partial charge is 0.411 e. The summed E-state index contributed by atoms with van der Waals surface area (Å²) in [5, 5.41) is 20.9. The Balaban J connectivity index is 3.57. The summed E-state index contributed by atoms with van der Waals surface area (Å²) in [5.74, 6) is 0. The highest BCUT2D eigenvalue weighted by molar-refractivity contribution is 5.92. The number of hydrogen-bond donors (Lipinski definition) is 1. The van der Waals surface area contributed by atoms with Gasteiger partial charge in [-0.3, -0.25) is 0 Å². The van der Waals surface area contributed by atoms with Crippen molar-refractivity contribution in [3.63, 3.8) is 0 Å². The van der Waals surface area contributed by atoms with Crippen molar-refractivity contribution in [1.29, 1.82) is 5.26 Å². The van der Waals surface area contributed by atoms with Gasteiger partial charge in [0, 0.05) is 33.8 Å². The van der Waals surface area contributed by atoms with Crippen molar-refractivity contribution in [2.75, 3.05) is 38.0 Å². The second-order valence-electron chi connectivity index (χ2n) is 4.04. The highest BCUT2D eigenvalue weighted by atomic mass is 16.4. The standard InChI is InChI=1S/C12H16N4O/c1-15(2)11-6-5-9(8-14-17)12(16(3)4)10(11)7-13/h5-6,8,17H,1-4H3/b14-8-. The Bertz CT molecular complexity index is 472. The molecule has 0 aliphatic carbocycles. The molecule has 0 bridgehead atoms. The lowest BCUT2D eigenvalue weighted by Gasteiger charge is -2.22. The van der Waals surface area contributed by atoms with Crippen LogP contribution in [0, 0.1) is 11.3 Å². The van der Waals surface area contributed by atoms with Crippen LogP contribution in [0.3, 0.4) is 0 Å². The van der Waals surface area contributed by atoms with E-state index < -0.39 is 0 Å². The van der Waals surface area contributed by atoms with E-state index in [1.54, 1.807) is 0 Å². The van der Waals surface area contributed by atoms with Crippen molar-refractivity contribution < 1.29 is 5.21 Å². The fourth-order valence-electron chi connectivity index (χ4n) is 1.73. The first kappa shape index (κ1) is 12.8. The van der Waals surface area contributed by atoms with Crippen LogP contribution in [0.15, 0.2) is 17.3 Å². The Labute approximate surface area is 101 Å². The Hall–Kier alpha value is -2.22. The molecule has 17 heavy (non-hydrogen) atoms. The Kier molecular flexibility index (Phi) is 3.94. The van der Waals surface area contributed by atoms with Crippen molar-refractivity contribution in [3.05, 3.63) is 23.3 Å². The first-order valence-corrected chi connectivity index (χ1v) is 5.12. The van der Waals surface area contributed by atoms with Crippen LogP contribution >= 0.6 is 0 Å². The third-order valence-corrected chi connectivity index (χ3v) is 2.42. The predicted octanol–water partition coefficient (Wildman–Crippen LogP) is 1.50. The summed E-state index contributed by atoms with van der Waals surface area (Å²) in [7, 11) is 7.47. The average Bonchev–Trinajstić information content (AvgIpc) is 2.27. The zero-order valence-electron chi connectivity index (χ0n) is 10.5. The highest BCUT2D eigenvalue weighted by Crippen LogP contribution is 2.30. The predicted molar refractivity (Wildman–Crippen MR) is 69.2 cm³/mol. The summed E-state index contributed by atoms with van der Waals surface area (Å²) in [5.41, 5.74) is 2.86. The monoisotopic (exact) mass is 232 g/mol. The molecule has 0 saturated heterocycles. The van der Waals surface area contributed by atoms with Crippen LogP contribution in [0.5, 0.6) is 0 Å². The number of hydrogen-bond acceptors (Lipinski definition) is 5. The molecule has 0 atom stereocenters. The van der Waals surface area contributed by atoms with Gasteiger partial charge >= 0.3 is 0 Å². The van der Waals surface area contributed by atoms with Gasteiger partial charge in [0.2, 0.25) is 0 Å². The number of oxime groups is 1. The molecule has 5 nitrogen and oxygen atoms in total. The SMILES string of the molecule is CN(C)c1ccc(/C=N\O)c(N(C)C)c1C#N. The number of benzene rings is 1. The van der Waals surface area contributed by atoms with Crippen molar-refractivity contribution in [3.8, 4) is 6.07 Å². The molecular formula is C12H16N4O. The number of rotatable bonds is 3.